The number of amides is 1. The van der Waals surface area contributed by atoms with Gasteiger partial charge in [0, 0.05) is 40.2 Å². The number of methoxy groups -OCH3 is 1. The zero-order chi connectivity index (χ0) is 19.5. The van der Waals surface area contributed by atoms with Crippen LogP contribution in [0, 0.1) is 0 Å². The summed E-state index contributed by atoms with van der Waals surface area (Å²) in [6.45, 7) is 1.79. The lowest BCUT2D eigenvalue weighted by atomic mass is 10.2. The monoisotopic (exact) mass is 496 g/mol. The maximum absolute atomic E-state index is 12.0. The maximum Gasteiger partial charge on any atom is 0.222 e. The Balaban J connectivity index is 0.00000392. The predicted octanol–water partition coefficient (Wildman–Crippen LogP) is 3.03. The van der Waals surface area contributed by atoms with Gasteiger partial charge in [-0.15, -0.1) is 24.0 Å². The molecule has 0 fully saturated rings. The molecule has 0 radical (unpaired) electrons. The number of aliphatic imine (C=N–C) groups is 1. The first-order valence-corrected chi connectivity index (χ1v) is 8.97. The van der Waals surface area contributed by atoms with Crippen molar-refractivity contribution in [1.29, 1.82) is 0 Å². The first kappa shape index (κ1) is 23.7. The molecule has 1 amide bonds. The first-order valence-electron chi connectivity index (χ1n) is 8.97. The lowest BCUT2D eigenvalue weighted by molar-refractivity contribution is -0.121. The van der Waals surface area contributed by atoms with E-state index in [0.29, 0.717) is 26.1 Å². The summed E-state index contributed by atoms with van der Waals surface area (Å²) in [6.07, 6.45) is 0.391. The van der Waals surface area contributed by atoms with Gasteiger partial charge in [0.15, 0.2) is 5.96 Å². The van der Waals surface area contributed by atoms with Crippen molar-refractivity contribution in [2.45, 2.75) is 19.5 Å². The molecule has 2 aromatic carbocycles. The second-order valence-electron chi connectivity index (χ2n) is 6.19. The van der Waals surface area contributed by atoms with Crippen LogP contribution in [0.1, 0.15) is 17.5 Å². The number of guanidine groups is 1. The fourth-order valence-corrected chi connectivity index (χ4v) is 2.64. The molecular formula is C21H29IN4O2. The molecule has 0 saturated carbocycles. The molecule has 28 heavy (non-hydrogen) atoms. The molecule has 0 aliphatic heterocycles. The molecule has 0 saturated heterocycles. The van der Waals surface area contributed by atoms with Crippen molar-refractivity contribution in [3.05, 3.63) is 65.7 Å². The minimum absolute atomic E-state index is 0. The number of carbonyl (C=O) groups excluding carboxylic acids is 1. The number of benzene rings is 2. The molecule has 0 spiro atoms. The summed E-state index contributed by atoms with van der Waals surface area (Å²) >= 11 is 0. The van der Waals surface area contributed by atoms with Crippen LogP contribution in [0.25, 0.3) is 0 Å². The summed E-state index contributed by atoms with van der Waals surface area (Å²) in [5.41, 5.74) is 2.25. The van der Waals surface area contributed by atoms with Gasteiger partial charge in [0.05, 0.1) is 7.11 Å². The quantitative estimate of drug-likeness (QED) is 0.335. The van der Waals surface area contributed by atoms with Crippen LogP contribution >= 0.6 is 24.0 Å². The highest BCUT2D eigenvalue weighted by Gasteiger charge is 2.08. The van der Waals surface area contributed by atoms with E-state index >= 15 is 0 Å². The van der Waals surface area contributed by atoms with Crippen molar-refractivity contribution in [1.82, 2.24) is 15.5 Å². The van der Waals surface area contributed by atoms with E-state index in [0.717, 1.165) is 22.8 Å². The van der Waals surface area contributed by atoms with E-state index < -0.39 is 0 Å². The number of carbonyl (C=O) groups is 1. The van der Waals surface area contributed by atoms with Crippen LogP contribution in [0.2, 0.25) is 0 Å². The molecule has 0 bridgehead atoms. The molecule has 7 heteroatoms. The van der Waals surface area contributed by atoms with Crippen LogP contribution in [0.15, 0.2) is 59.6 Å². The maximum atomic E-state index is 12.0. The summed E-state index contributed by atoms with van der Waals surface area (Å²) < 4.78 is 5.18. The van der Waals surface area contributed by atoms with Gasteiger partial charge in [0.25, 0.3) is 0 Å². The smallest absolute Gasteiger partial charge is 0.222 e. The van der Waals surface area contributed by atoms with E-state index in [1.165, 1.54) is 0 Å². The summed E-state index contributed by atoms with van der Waals surface area (Å²) in [5, 5.41) is 6.16. The highest BCUT2D eigenvalue weighted by Crippen LogP contribution is 2.12. The Bertz CT molecular complexity index is 736. The lowest BCUT2D eigenvalue weighted by Crippen LogP contribution is -2.40. The zero-order valence-electron chi connectivity index (χ0n) is 16.6. The van der Waals surface area contributed by atoms with Gasteiger partial charge in [-0.2, -0.15) is 0 Å². The van der Waals surface area contributed by atoms with Gasteiger partial charge in [0.1, 0.15) is 5.75 Å². The van der Waals surface area contributed by atoms with E-state index in [2.05, 4.69) is 15.6 Å². The third-order valence-corrected chi connectivity index (χ3v) is 4.12. The van der Waals surface area contributed by atoms with E-state index in [1.54, 1.807) is 14.2 Å². The molecular weight excluding hydrogens is 467 g/mol. The van der Waals surface area contributed by atoms with Gasteiger partial charge in [-0.1, -0.05) is 42.5 Å². The molecule has 2 aromatic rings. The Morgan fingerprint density at radius 1 is 1.04 bits per heavy atom. The standard InChI is InChI=1S/C21H28N4O2.HI/c1-22-21(25(2)16-18-9-11-19(27-3)12-10-18)23-14-13-20(26)24-15-17-7-5-4-6-8-17;/h4-12H,13-16H2,1-3H3,(H,22,23)(H,24,26);1H. The molecule has 0 aliphatic carbocycles. The fourth-order valence-electron chi connectivity index (χ4n) is 2.64. The Morgan fingerprint density at radius 2 is 1.71 bits per heavy atom. The summed E-state index contributed by atoms with van der Waals surface area (Å²) in [4.78, 5) is 18.3. The largest absolute Gasteiger partial charge is 0.497 e. The van der Waals surface area contributed by atoms with Crippen LogP contribution in [0.3, 0.4) is 0 Å². The average molecular weight is 496 g/mol. The average Bonchev–Trinajstić information content (AvgIpc) is 2.71. The van der Waals surface area contributed by atoms with Gasteiger partial charge in [-0.05, 0) is 23.3 Å². The lowest BCUT2D eigenvalue weighted by Gasteiger charge is -2.22. The molecule has 0 atom stereocenters. The first-order chi connectivity index (χ1) is 13.1. The van der Waals surface area contributed by atoms with Crippen molar-refractivity contribution in [2.24, 2.45) is 4.99 Å². The molecule has 0 heterocycles. The van der Waals surface area contributed by atoms with Crippen LogP contribution < -0.4 is 15.4 Å². The Kier molecular flexibility index (Phi) is 11.0. The van der Waals surface area contributed by atoms with Crippen molar-refractivity contribution in [3.63, 3.8) is 0 Å². The Morgan fingerprint density at radius 3 is 2.32 bits per heavy atom. The van der Waals surface area contributed by atoms with E-state index in [1.807, 2.05) is 66.5 Å². The highest BCUT2D eigenvalue weighted by molar-refractivity contribution is 14.0. The normalized spacial score (nSPS) is 10.6. The van der Waals surface area contributed by atoms with Crippen LogP contribution in [0.5, 0.6) is 5.75 Å². The topological polar surface area (TPSA) is 66.0 Å². The molecule has 0 aliphatic rings. The SMILES string of the molecule is CN=C(NCCC(=O)NCc1ccccc1)N(C)Cc1ccc(OC)cc1.I. The zero-order valence-corrected chi connectivity index (χ0v) is 19.0. The third-order valence-electron chi connectivity index (χ3n) is 4.12. The van der Waals surface area contributed by atoms with Crippen LogP contribution in [-0.2, 0) is 17.9 Å². The Hall–Kier alpha value is -2.29. The van der Waals surface area contributed by atoms with E-state index in [-0.39, 0.29) is 29.9 Å². The highest BCUT2D eigenvalue weighted by atomic mass is 127. The minimum Gasteiger partial charge on any atom is -0.497 e. The van der Waals surface area contributed by atoms with Crippen molar-refractivity contribution < 1.29 is 9.53 Å². The summed E-state index contributed by atoms with van der Waals surface area (Å²) in [7, 11) is 5.36. The number of hydrogen-bond donors (Lipinski definition) is 2. The van der Waals surface area contributed by atoms with E-state index in [4.69, 9.17) is 4.74 Å². The van der Waals surface area contributed by atoms with Crippen molar-refractivity contribution in [2.75, 3.05) is 27.7 Å². The van der Waals surface area contributed by atoms with Gasteiger partial charge >= 0.3 is 0 Å². The molecule has 2 N–H and O–H groups in total. The third kappa shape index (κ3) is 8.16. The minimum atomic E-state index is 0. The van der Waals surface area contributed by atoms with Gasteiger partial charge in [-0.3, -0.25) is 9.79 Å². The van der Waals surface area contributed by atoms with Crippen LogP contribution in [-0.4, -0.2) is 44.5 Å². The number of rotatable bonds is 8. The number of nitrogens with one attached hydrogen (secondary N) is 2. The number of ether oxygens (including phenoxy) is 1. The van der Waals surface area contributed by atoms with Gasteiger partial charge in [0.2, 0.25) is 5.91 Å². The van der Waals surface area contributed by atoms with Gasteiger partial charge < -0.3 is 20.3 Å². The summed E-state index contributed by atoms with van der Waals surface area (Å²) in [5.74, 6) is 1.60. The summed E-state index contributed by atoms with van der Waals surface area (Å²) in [6, 6.07) is 17.8. The van der Waals surface area contributed by atoms with Crippen molar-refractivity contribution >= 4 is 35.8 Å². The van der Waals surface area contributed by atoms with Crippen molar-refractivity contribution in [3.8, 4) is 5.75 Å². The molecule has 0 aromatic heterocycles. The number of nitrogens with zero attached hydrogens (tertiary/aromatic N) is 2. The molecule has 0 unspecified atom stereocenters. The van der Waals surface area contributed by atoms with Crippen LogP contribution in [0.4, 0.5) is 0 Å². The fraction of sp³-hybridized carbons (Fsp3) is 0.333. The predicted molar refractivity (Wildman–Crippen MR) is 124 cm³/mol. The van der Waals surface area contributed by atoms with E-state index in [9.17, 15) is 4.79 Å². The molecule has 152 valence electrons. The number of halogens is 1. The molecule has 2 rings (SSSR count). The Labute approximate surface area is 184 Å². The van der Waals surface area contributed by atoms with Gasteiger partial charge in [-0.25, -0.2) is 0 Å². The second kappa shape index (κ2) is 13.0. The molecule has 6 nitrogen and oxygen atoms in total. The number of hydrogen-bond acceptors (Lipinski definition) is 3. The second-order valence-corrected chi connectivity index (χ2v) is 6.19.